The van der Waals surface area contributed by atoms with Crippen LogP contribution in [0.1, 0.15) is 16.2 Å². The fourth-order valence-corrected chi connectivity index (χ4v) is 2.15. The van der Waals surface area contributed by atoms with Gasteiger partial charge in [-0.2, -0.15) is 0 Å². The Balaban J connectivity index is 1.96. The number of anilines is 1. The molecule has 0 spiro atoms. The van der Waals surface area contributed by atoms with Gasteiger partial charge in [-0.3, -0.25) is 9.78 Å². The zero-order chi connectivity index (χ0) is 15.4. The molecule has 6 nitrogen and oxygen atoms in total. The number of nitrogens with one attached hydrogen (secondary N) is 2. The van der Waals surface area contributed by atoms with Crippen molar-refractivity contribution in [3.63, 3.8) is 0 Å². The van der Waals surface area contributed by atoms with Crippen molar-refractivity contribution in [2.24, 2.45) is 0 Å². The van der Waals surface area contributed by atoms with Crippen molar-refractivity contribution in [2.75, 3.05) is 4.90 Å². The second-order valence-electron chi connectivity index (χ2n) is 4.74. The van der Waals surface area contributed by atoms with Crippen LogP contribution in [0.4, 0.5) is 5.69 Å². The van der Waals surface area contributed by atoms with E-state index in [4.69, 9.17) is 0 Å². The highest BCUT2D eigenvalue weighted by molar-refractivity contribution is 6.03. The zero-order valence-electron chi connectivity index (χ0n) is 11.7. The minimum absolute atomic E-state index is 0.00946. The summed E-state index contributed by atoms with van der Waals surface area (Å²) in [5.41, 5.74) is 1.22. The normalized spacial score (nSPS) is 10.4. The third-order valence-corrected chi connectivity index (χ3v) is 3.20. The van der Waals surface area contributed by atoms with E-state index in [1.807, 2.05) is 60.7 Å². The lowest BCUT2D eigenvalue weighted by Crippen LogP contribution is -2.31. The van der Waals surface area contributed by atoms with Gasteiger partial charge in [0.05, 0.1) is 6.54 Å². The summed E-state index contributed by atoms with van der Waals surface area (Å²) < 4.78 is 0. The Morgan fingerprint density at radius 3 is 2.23 bits per heavy atom. The van der Waals surface area contributed by atoms with E-state index < -0.39 is 5.69 Å². The number of nitrogens with zero attached hydrogens (tertiary/aromatic N) is 2. The largest absolute Gasteiger partial charge is 0.341 e. The summed E-state index contributed by atoms with van der Waals surface area (Å²) >= 11 is 0. The number of benzene rings is 2. The summed E-state index contributed by atoms with van der Waals surface area (Å²) in [6.45, 7) is 0.387. The third kappa shape index (κ3) is 2.95. The molecule has 2 aromatic carbocycles. The Morgan fingerprint density at radius 2 is 1.64 bits per heavy atom. The highest BCUT2D eigenvalue weighted by Crippen LogP contribution is 2.18. The molecule has 2 N–H and O–H groups in total. The first-order valence-corrected chi connectivity index (χ1v) is 6.79. The van der Waals surface area contributed by atoms with Gasteiger partial charge in [0.25, 0.3) is 5.91 Å². The molecule has 0 radical (unpaired) electrons. The van der Waals surface area contributed by atoms with Gasteiger partial charge in [0, 0.05) is 5.69 Å². The molecule has 0 aliphatic rings. The average molecular weight is 294 g/mol. The average Bonchev–Trinajstić information content (AvgIpc) is 3.00. The Bertz CT molecular complexity index is 809. The molecule has 0 unspecified atom stereocenters. The SMILES string of the molecule is O=C(c1n[nH]c(=O)[nH]1)N(Cc1ccccc1)c1ccccc1. The van der Waals surface area contributed by atoms with Crippen LogP contribution in [0, 0.1) is 0 Å². The number of hydrogen-bond acceptors (Lipinski definition) is 3. The number of rotatable bonds is 4. The first-order chi connectivity index (χ1) is 10.7. The molecular formula is C16H14N4O2. The highest BCUT2D eigenvalue weighted by Gasteiger charge is 2.21. The molecule has 6 heteroatoms. The van der Waals surface area contributed by atoms with E-state index in [0.29, 0.717) is 6.54 Å². The van der Waals surface area contributed by atoms with E-state index in [1.54, 1.807) is 4.90 Å². The van der Waals surface area contributed by atoms with Crippen molar-refractivity contribution in [3.05, 3.63) is 82.5 Å². The standard InChI is InChI=1S/C16H14N4O2/c21-15(14-17-16(22)19-18-14)20(13-9-5-2-6-10-13)11-12-7-3-1-4-8-12/h1-10H,11H2,(H2,17,18,19,22). The number of carbonyl (C=O) groups is 1. The molecule has 0 aliphatic carbocycles. The smallest absolute Gasteiger partial charge is 0.301 e. The van der Waals surface area contributed by atoms with Crippen molar-refractivity contribution < 1.29 is 4.79 Å². The van der Waals surface area contributed by atoms with Gasteiger partial charge in [-0.15, -0.1) is 5.10 Å². The number of carbonyl (C=O) groups excluding carboxylic acids is 1. The number of aromatic amines is 2. The number of hydrogen-bond donors (Lipinski definition) is 2. The van der Waals surface area contributed by atoms with Crippen LogP contribution in [0.5, 0.6) is 0 Å². The van der Waals surface area contributed by atoms with Gasteiger partial charge >= 0.3 is 5.69 Å². The Labute approximate surface area is 126 Å². The summed E-state index contributed by atoms with van der Waals surface area (Å²) in [6.07, 6.45) is 0. The minimum atomic E-state index is -0.504. The zero-order valence-corrected chi connectivity index (χ0v) is 11.7. The lowest BCUT2D eigenvalue weighted by molar-refractivity contribution is 0.0975. The van der Waals surface area contributed by atoms with Crippen molar-refractivity contribution in [2.45, 2.75) is 6.54 Å². The lowest BCUT2D eigenvalue weighted by Gasteiger charge is -2.21. The maximum atomic E-state index is 12.6. The summed E-state index contributed by atoms with van der Waals surface area (Å²) in [5, 5.41) is 5.93. The van der Waals surface area contributed by atoms with Gasteiger partial charge in [0.2, 0.25) is 5.82 Å². The van der Waals surface area contributed by atoms with Crippen LogP contribution < -0.4 is 10.6 Å². The first kappa shape index (κ1) is 13.8. The van der Waals surface area contributed by atoms with E-state index in [1.165, 1.54) is 0 Å². The molecule has 1 amide bonds. The van der Waals surface area contributed by atoms with Gasteiger partial charge in [-0.25, -0.2) is 9.89 Å². The Morgan fingerprint density at radius 1 is 1.00 bits per heavy atom. The second-order valence-corrected chi connectivity index (χ2v) is 4.74. The van der Waals surface area contributed by atoms with Crippen molar-refractivity contribution >= 4 is 11.6 Å². The predicted octanol–water partition coefficient (Wildman–Crippen LogP) is 1.94. The van der Waals surface area contributed by atoms with Crippen LogP contribution in [0.3, 0.4) is 0 Å². The molecule has 0 saturated heterocycles. The third-order valence-electron chi connectivity index (χ3n) is 3.20. The molecule has 22 heavy (non-hydrogen) atoms. The van der Waals surface area contributed by atoms with Crippen LogP contribution >= 0.6 is 0 Å². The topological polar surface area (TPSA) is 81.8 Å². The predicted molar refractivity (Wildman–Crippen MR) is 82.6 cm³/mol. The quantitative estimate of drug-likeness (QED) is 0.771. The van der Waals surface area contributed by atoms with E-state index in [9.17, 15) is 9.59 Å². The van der Waals surface area contributed by atoms with Crippen LogP contribution in [0.15, 0.2) is 65.5 Å². The van der Waals surface area contributed by atoms with Gasteiger partial charge in [-0.05, 0) is 17.7 Å². The molecule has 0 aliphatic heterocycles. The van der Waals surface area contributed by atoms with Crippen LogP contribution in [-0.2, 0) is 6.54 Å². The molecule has 1 aromatic heterocycles. The van der Waals surface area contributed by atoms with Crippen LogP contribution in [-0.4, -0.2) is 21.1 Å². The van der Waals surface area contributed by atoms with Crippen LogP contribution in [0.25, 0.3) is 0 Å². The number of para-hydroxylation sites is 1. The molecular weight excluding hydrogens is 280 g/mol. The molecule has 0 fully saturated rings. The summed E-state index contributed by atoms with van der Waals surface area (Å²) in [5.74, 6) is -0.377. The molecule has 1 heterocycles. The summed E-state index contributed by atoms with van der Waals surface area (Å²) in [4.78, 5) is 27.8. The lowest BCUT2D eigenvalue weighted by atomic mass is 10.2. The Kier molecular flexibility index (Phi) is 3.82. The van der Waals surface area contributed by atoms with Gasteiger partial charge < -0.3 is 4.90 Å². The summed E-state index contributed by atoms with van der Waals surface area (Å²) in [7, 11) is 0. The van der Waals surface area contributed by atoms with Gasteiger partial charge in [0.15, 0.2) is 0 Å². The van der Waals surface area contributed by atoms with E-state index in [0.717, 1.165) is 11.3 Å². The van der Waals surface area contributed by atoms with Crippen molar-refractivity contribution in [1.82, 2.24) is 15.2 Å². The van der Waals surface area contributed by atoms with Crippen molar-refractivity contribution in [1.29, 1.82) is 0 Å². The number of H-pyrrole nitrogens is 2. The maximum absolute atomic E-state index is 12.6. The fourth-order valence-electron chi connectivity index (χ4n) is 2.15. The summed E-state index contributed by atoms with van der Waals surface area (Å²) in [6, 6.07) is 18.9. The molecule has 110 valence electrons. The van der Waals surface area contributed by atoms with Crippen LogP contribution in [0.2, 0.25) is 0 Å². The number of aromatic nitrogens is 3. The molecule has 3 aromatic rings. The second kappa shape index (κ2) is 6.09. The molecule has 0 bridgehead atoms. The molecule has 3 rings (SSSR count). The highest BCUT2D eigenvalue weighted by atomic mass is 16.2. The monoisotopic (exact) mass is 294 g/mol. The maximum Gasteiger partial charge on any atom is 0.341 e. The van der Waals surface area contributed by atoms with E-state index in [2.05, 4.69) is 15.2 Å². The minimum Gasteiger partial charge on any atom is -0.301 e. The van der Waals surface area contributed by atoms with Gasteiger partial charge in [-0.1, -0.05) is 48.5 Å². The van der Waals surface area contributed by atoms with E-state index in [-0.39, 0.29) is 11.7 Å². The van der Waals surface area contributed by atoms with Crippen molar-refractivity contribution in [3.8, 4) is 0 Å². The molecule has 0 atom stereocenters. The van der Waals surface area contributed by atoms with Gasteiger partial charge in [0.1, 0.15) is 0 Å². The fraction of sp³-hybridized carbons (Fsp3) is 0.0625. The number of amides is 1. The first-order valence-electron chi connectivity index (χ1n) is 6.79. The molecule has 0 saturated carbocycles. The Hall–Kier alpha value is -3.15. The van der Waals surface area contributed by atoms with E-state index >= 15 is 0 Å².